The van der Waals surface area contributed by atoms with Crippen LogP contribution in [0.2, 0.25) is 0 Å². The number of nitrogen functional groups attached to an aromatic ring is 1. The van der Waals surface area contributed by atoms with Gasteiger partial charge >= 0.3 is 0 Å². The number of rotatable bonds is 13. The van der Waals surface area contributed by atoms with E-state index in [1.165, 1.54) is 20.7 Å². The van der Waals surface area contributed by atoms with Crippen LogP contribution >= 0.6 is 11.8 Å². The largest absolute Gasteiger partial charge is 0.353 e. The Morgan fingerprint density at radius 1 is 1.22 bits per heavy atom. The molecule has 0 aliphatic carbocycles. The van der Waals surface area contributed by atoms with E-state index >= 15 is 0 Å². The highest BCUT2D eigenvalue weighted by Crippen LogP contribution is 2.25. The quantitative estimate of drug-likeness (QED) is 0.256. The van der Waals surface area contributed by atoms with Crippen molar-refractivity contribution in [3.8, 4) is 11.4 Å². The fourth-order valence-corrected chi connectivity index (χ4v) is 5.47. The molecule has 1 amide bonds. The number of hydrogen-bond donors (Lipinski definition) is 2. The number of nitrogens with zero attached hydrogens (tertiary/aromatic N) is 4. The van der Waals surface area contributed by atoms with E-state index in [2.05, 4.69) is 22.4 Å². The molecule has 11 heteroatoms. The maximum absolute atomic E-state index is 12.8. The van der Waals surface area contributed by atoms with Gasteiger partial charge in [-0.1, -0.05) is 63.9 Å². The lowest BCUT2D eigenvalue weighted by Gasteiger charge is -2.18. The van der Waals surface area contributed by atoms with E-state index in [9.17, 15) is 13.2 Å². The van der Waals surface area contributed by atoms with Gasteiger partial charge in [-0.15, -0.1) is 10.2 Å². The van der Waals surface area contributed by atoms with Gasteiger partial charge in [0.1, 0.15) is 0 Å². The molecule has 0 saturated carbocycles. The van der Waals surface area contributed by atoms with E-state index in [1.54, 1.807) is 38.1 Å². The van der Waals surface area contributed by atoms with E-state index in [0.29, 0.717) is 29.6 Å². The lowest BCUT2D eigenvalue weighted by atomic mass is 10.1. The van der Waals surface area contributed by atoms with Gasteiger partial charge in [-0.25, -0.2) is 13.1 Å². The molecule has 0 bridgehead atoms. The first-order valence-electron chi connectivity index (χ1n) is 11.0. The highest BCUT2D eigenvalue weighted by atomic mass is 32.2. The van der Waals surface area contributed by atoms with Gasteiger partial charge in [0.2, 0.25) is 21.1 Å². The topological polar surface area (TPSA) is 123 Å². The minimum absolute atomic E-state index is 0.0872. The average molecular weight is 483 g/mol. The van der Waals surface area contributed by atoms with Crippen LogP contribution < -0.4 is 11.2 Å². The number of nitrogens with two attached hydrogens (primary N) is 1. The Morgan fingerprint density at radius 3 is 2.59 bits per heavy atom. The van der Waals surface area contributed by atoms with Gasteiger partial charge in [0, 0.05) is 24.7 Å². The summed E-state index contributed by atoms with van der Waals surface area (Å²) in [5, 5.41) is 11.5. The van der Waals surface area contributed by atoms with Crippen LogP contribution in [0, 0.1) is 0 Å². The minimum Gasteiger partial charge on any atom is -0.353 e. The number of thioether (sulfide) groups is 1. The zero-order valence-electron chi connectivity index (χ0n) is 19.2. The highest BCUT2D eigenvalue weighted by Gasteiger charge is 2.23. The third kappa shape index (κ3) is 6.69. The van der Waals surface area contributed by atoms with Crippen LogP contribution in [0.3, 0.4) is 0 Å². The predicted molar refractivity (Wildman–Crippen MR) is 128 cm³/mol. The van der Waals surface area contributed by atoms with Crippen molar-refractivity contribution in [2.24, 2.45) is 0 Å². The summed E-state index contributed by atoms with van der Waals surface area (Å²) < 4.78 is 28.3. The minimum atomic E-state index is -3.60. The zero-order valence-corrected chi connectivity index (χ0v) is 20.9. The number of benzene rings is 1. The Labute approximate surface area is 195 Å². The van der Waals surface area contributed by atoms with Crippen LogP contribution in [0.4, 0.5) is 0 Å². The molecule has 0 saturated heterocycles. The normalized spacial score (nSPS) is 12.8. The van der Waals surface area contributed by atoms with E-state index < -0.39 is 10.0 Å². The second-order valence-corrected chi connectivity index (χ2v) is 10.4. The van der Waals surface area contributed by atoms with Gasteiger partial charge in [-0.05, 0) is 25.5 Å². The standard InChI is InChI=1S/C21H34N6O3S2/c1-5-8-9-11-16(4)23-19(28)15-31-21-25-24-20(27(21)22)17-12-10-13-18(14-17)32(29,30)26(6-2)7-3/h10,12-14,16H,5-9,11,15,22H2,1-4H3,(H,23,28). The lowest BCUT2D eigenvalue weighted by Crippen LogP contribution is -2.33. The van der Waals surface area contributed by atoms with Crippen molar-refractivity contribution < 1.29 is 13.2 Å². The van der Waals surface area contributed by atoms with E-state index in [-0.39, 0.29) is 22.6 Å². The molecule has 1 heterocycles. The molecule has 2 rings (SSSR count). The summed E-state index contributed by atoms with van der Waals surface area (Å²) >= 11 is 1.19. The van der Waals surface area contributed by atoms with Crippen LogP contribution in [0.5, 0.6) is 0 Å². The van der Waals surface area contributed by atoms with Gasteiger partial charge in [0.25, 0.3) is 0 Å². The Kier molecular flexibility index (Phi) is 9.98. The number of sulfonamides is 1. The van der Waals surface area contributed by atoms with Crippen LogP contribution in [0.1, 0.15) is 53.4 Å². The van der Waals surface area contributed by atoms with Crippen LogP contribution in [0.15, 0.2) is 34.3 Å². The van der Waals surface area contributed by atoms with Crippen molar-refractivity contribution in [2.75, 3.05) is 24.7 Å². The highest BCUT2D eigenvalue weighted by molar-refractivity contribution is 7.99. The summed E-state index contributed by atoms with van der Waals surface area (Å²) in [5.41, 5.74) is 0.536. The maximum atomic E-state index is 12.8. The molecule has 1 unspecified atom stereocenters. The summed E-state index contributed by atoms with van der Waals surface area (Å²) in [5.74, 6) is 6.57. The number of carbonyl (C=O) groups excluding carboxylic acids is 1. The molecule has 0 aliphatic rings. The van der Waals surface area contributed by atoms with Gasteiger partial charge in [0.05, 0.1) is 10.6 Å². The molecule has 0 aliphatic heterocycles. The zero-order chi connectivity index (χ0) is 23.7. The monoisotopic (exact) mass is 482 g/mol. The van der Waals surface area contributed by atoms with E-state index in [1.807, 2.05) is 6.92 Å². The van der Waals surface area contributed by atoms with Crippen molar-refractivity contribution in [1.82, 2.24) is 24.5 Å². The second kappa shape index (κ2) is 12.2. The smallest absolute Gasteiger partial charge is 0.243 e. The summed E-state index contributed by atoms with van der Waals surface area (Å²) in [6, 6.07) is 6.60. The van der Waals surface area contributed by atoms with Crippen molar-refractivity contribution in [2.45, 2.75) is 69.5 Å². The Hall–Kier alpha value is -2.11. The molecule has 32 heavy (non-hydrogen) atoms. The van der Waals surface area contributed by atoms with Crippen molar-refractivity contribution in [3.05, 3.63) is 24.3 Å². The molecular formula is C21H34N6O3S2. The SMILES string of the molecule is CCCCCC(C)NC(=O)CSc1nnc(-c2cccc(S(=O)(=O)N(CC)CC)c2)n1N. The lowest BCUT2D eigenvalue weighted by molar-refractivity contribution is -0.119. The molecule has 0 fully saturated rings. The number of aromatic nitrogens is 3. The maximum Gasteiger partial charge on any atom is 0.243 e. The summed E-state index contributed by atoms with van der Waals surface area (Å²) in [6.07, 6.45) is 4.35. The molecule has 1 aromatic carbocycles. The number of amides is 1. The number of carbonyl (C=O) groups is 1. The molecule has 2 aromatic rings. The van der Waals surface area contributed by atoms with Gasteiger partial charge in [-0.3, -0.25) is 4.79 Å². The molecule has 1 aromatic heterocycles. The van der Waals surface area contributed by atoms with Crippen LogP contribution in [0.25, 0.3) is 11.4 Å². The van der Waals surface area contributed by atoms with Crippen molar-refractivity contribution in [3.63, 3.8) is 0 Å². The van der Waals surface area contributed by atoms with Crippen LogP contribution in [-0.2, 0) is 14.8 Å². The van der Waals surface area contributed by atoms with Crippen LogP contribution in [-0.4, -0.2) is 58.4 Å². The summed E-state index contributed by atoms with van der Waals surface area (Å²) in [6.45, 7) is 8.52. The fraction of sp³-hybridized carbons (Fsp3) is 0.571. The Balaban J connectivity index is 2.08. The van der Waals surface area contributed by atoms with Crippen molar-refractivity contribution >= 4 is 27.7 Å². The van der Waals surface area contributed by atoms with E-state index in [4.69, 9.17) is 5.84 Å². The van der Waals surface area contributed by atoms with E-state index in [0.717, 1.165) is 25.7 Å². The third-order valence-electron chi connectivity index (χ3n) is 5.08. The average Bonchev–Trinajstić information content (AvgIpc) is 3.13. The molecule has 178 valence electrons. The van der Waals surface area contributed by atoms with Gasteiger partial charge in [-0.2, -0.15) is 4.31 Å². The number of hydrogen-bond acceptors (Lipinski definition) is 7. The second-order valence-electron chi connectivity index (χ2n) is 7.55. The molecule has 3 N–H and O–H groups in total. The molecule has 0 radical (unpaired) electrons. The van der Waals surface area contributed by atoms with Gasteiger partial charge in [0.15, 0.2) is 5.82 Å². The Morgan fingerprint density at radius 2 is 1.94 bits per heavy atom. The Bertz CT molecular complexity index is 989. The summed E-state index contributed by atoms with van der Waals surface area (Å²) in [4.78, 5) is 12.4. The molecule has 9 nitrogen and oxygen atoms in total. The molecule has 0 spiro atoms. The predicted octanol–water partition coefficient (Wildman–Crippen LogP) is 2.87. The number of nitrogens with one attached hydrogen (secondary N) is 1. The van der Waals surface area contributed by atoms with Gasteiger partial charge < -0.3 is 11.2 Å². The first-order chi connectivity index (χ1) is 15.2. The third-order valence-corrected chi connectivity index (χ3v) is 8.07. The molecule has 1 atom stereocenters. The fourth-order valence-electron chi connectivity index (χ4n) is 3.30. The molecular weight excluding hydrogens is 448 g/mol. The first-order valence-corrected chi connectivity index (χ1v) is 13.4. The van der Waals surface area contributed by atoms with Crippen molar-refractivity contribution in [1.29, 1.82) is 0 Å². The number of unbranched alkanes of at least 4 members (excludes halogenated alkanes) is 2. The summed E-state index contributed by atoms with van der Waals surface area (Å²) in [7, 11) is -3.60. The first kappa shape index (κ1) is 26.1.